The van der Waals surface area contributed by atoms with Gasteiger partial charge in [-0.05, 0) is 30.0 Å². The monoisotopic (exact) mass is 348 g/mol. The van der Waals surface area contributed by atoms with E-state index in [0.717, 1.165) is 47.8 Å². The minimum Gasteiger partial charge on any atom is -0.491 e. The van der Waals surface area contributed by atoms with Crippen LogP contribution in [0.15, 0.2) is 60.7 Å². The fraction of sp³-hybridized carbons (Fsp3) is 0.273. The summed E-state index contributed by atoms with van der Waals surface area (Å²) in [5.41, 5.74) is 7.74. The number of rotatable bonds is 5. The highest BCUT2D eigenvalue weighted by molar-refractivity contribution is 5.88. The molecule has 4 nitrogen and oxygen atoms in total. The third-order valence-electron chi connectivity index (χ3n) is 4.87. The van der Waals surface area contributed by atoms with Crippen LogP contribution >= 0.6 is 0 Å². The molecule has 1 aliphatic rings. The Morgan fingerprint density at radius 1 is 1.12 bits per heavy atom. The van der Waals surface area contributed by atoms with Crippen molar-refractivity contribution in [3.8, 4) is 11.5 Å². The molecule has 0 aliphatic carbocycles. The van der Waals surface area contributed by atoms with E-state index in [1.807, 2.05) is 42.5 Å². The predicted molar refractivity (Wildman–Crippen MR) is 107 cm³/mol. The van der Waals surface area contributed by atoms with E-state index in [-0.39, 0.29) is 6.10 Å². The molecule has 3 aromatic carbocycles. The van der Waals surface area contributed by atoms with E-state index < -0.39 is 0 Å². The molecule has 4 heteroatoms. The number of hydrogen-bond donors (Lipinski definition) is 1. The van der Waals surface area contributed by atoms with Crippen molar-refractivity contribution >= 4 is 22.1 Å². The average Bonchev–Trinajstić information content (AvgIpc) is 2.67. The van der Waals surface area contributed by atoms with Crippen molar-refractivity contribution in [3.05, 3.63) is 60.7 Å². The first kappa shape index (κ1) is 16.6. The Kier molecular flexibility index (Phi) is 4.57. The normalized spacial score (nSPS) is 16.2. The van der Waals surface area contributed by atoms with Crippen molar-refractivity contribution in [1.82, 2.24) is 0 Å². The van der Waals surface area contributed by atoms with Gasteiger partial charge in [-0.1, -0.05) is 43.3 Å². The highest BCUT2D eigenvalue weighted by Gasteiger charge is 2.24. The molecular formula is C22H24N2O2. The number of ether oxygens (including phenoxy) is 2. The number of anilines is 2. The van der Waals surface area contributed by atoms with E-state index >= 15 is 0 Å². The molecule has 2 N–H and O–H groups in total. The van der Waals surface area contributed by atoms with E-state index in [0.29, 0.717) is 6.61 Å². The van der Waals surface area contributed by atoms with Crippen LogP contribution in [0.4, 0.5) is 11.4 Å². The number of hydrogen-bond acceptors (Lipinski definition) is 4. The molecule has 0 bridgehead atoms. The number of benzene rings is 3. The van der Waals surface area contributed by atoms with Gasteiger partial charge in [0.25, 0.3) is 0 Å². The molecule has 4 rings (SSSR count). The second kappa shape index (κ2) is 7.16. The minimum absolute atomic E-state index is 0.182. The Morgan fingerprint density at radius 2 is 1.96 bits per heavy atom. The lowest BCUT2D eigenvalue weighted by Gasteiger charge is -2.36. The second-order valence-corrected chi connectivity index (χ2v) is 6.65. The van der Waals surface area contributed by atoms with Crippen LogP contribution in [0.5, 0.6) is 11.5 Å². The second-order valence-electron chi connectivity index (χ2n) is 6.65. The van der Waals surface area contributed by atoms with E-state index in [1.165, 1.54) is 5.39 Å². The van der Waals surface area contributed by atoms with Crippen molar-refractivity contribution in [1.29, 1.82) is 0 Å². The molecule has 3 aromatic rings. The molecular weight excluding hydrogens is 324 g/mol. The van der Waals surface area contributed by atoms with Gasteiger partial charge in [0.1, 0.15) is 24.2 Å². The molecule has 0 fully saturated rings. The molecule has 1 atom stereocenters. The van der Waals surface area contributed by atoms with E-state index in [4.69, 9.17) is 15.2 Å². The van der Waals surface area contributed by atoms with Gasteiger partial charge in [-0.3, -0.25) is 0 Å². The zero-order valence-corrected chi connectivity index (χ0v) is 15.0. The largest absolute Gasteiger partial charge is 0.491 e. The van der Waals surface area contributed by atoms with E-state index in [2.05, 4.69) is 30.0 Å². The highest BCUT2D eigenvalue weighted by Crippen LogP contribution is 2.35. The zero-order chi connectivity index (χ0) is 17.9. The maximum absolute atomic E-state index is 6.12. The van der Waals surface area contributed by atoms with Crippen LogP contribution in [0.1, 0.15) is 13.3 Å². The Morgan fingerprint density at radius 3 is 2.85 bits per heavy atom. The molecule has 0 amide bonds. The van der Waals surface area contributed by atoms with Crippen molar-refractivity contribution < 1.29 is 9.47 Å². The van der Waals surface area contributed by atoms with Gasteiger partial charge in [-0.25, -0.2) is 0 Å². The third kappa shape index (κ3) is 3.27. The molecule has 0 saturated carbocycles. The predicted octanol–water partition coefficient (Wildman–Crippen LogP) is 4.48. The SMILES string of the molecule is CCC1CN(CCOc2cccc3ccccc23)c2ccc(N)cc2O1. The first-order valence-corrected chi connectivity index (χ1v) is 9.16. The van der Waals surface area contributed by atoms with Gasteiger partial charge in [-0.15, -0.1) is 0 Å². The molecule has 0 radical (unpaired) electrons. The molecule has 1 unspecified atom stereocenters. The molecule has 0 aromatic heterocycles. The molecule has 26 heavy (non-hydrogen) atoms. The Balaban J connectivity index is 1.49. The van der Waals surface area contributed by atoms with Crippen LogP contribution in [0.2, 0.25) is 0 Å². The summed E-state index contributed by atoms with van der Waals surface area (Å²) in [5, 5.41) is 2.35. The standard InChI is InChI=1S/C22H24N2O2/c1-2-18-15-24(20-11-10-17(23)14-22(20)26-18)12-13-25-21-9-5-7-16-6-3-4-8-19(16)21/h3-11,14,18H,2,12-13,15,23H2,1H3. The van der Waals surface area contributed by atoms with Gasteiger partial charge in [0.15, 0.2) is 0 Å². The number of nitrogens with two attached hydrogens (primary N) is 1. The smallest absolute Gasteiger partial charge is 0.145 e. The van der Waals surface area contributed by atoms with Crippen LogP contribution in [0, 0.1) is 0 Å². The van der Waals surface area contributed by atoms with Crippen LogP contribution in [0.3, 0.4) is 0 Å². The van der Waals surface area contributed by atoms with Crippen LogP contribution in [-0.2, 0) is 0 Å². The van der Waals surface area contributed by atoms with Gasteiger partial charge in [0.2, 0.25) is 0 Å². The fourth-order valence-corrected chi connectivity index (χ4v) is 3.46. The maximum Gasteiger partial charge on any atom is 0.145 e. The molecule has 1 heterocycles. The summed E-state index contributed by atoms with van der Waals surface area (Å²) in [4.78, 5) is 2.33. The van der Waals surface area contributed by atoms with Crippen molar-refractivity contribution in [3.63, 3.8) is 0 Å². The summed E-state index contributed by atoms with van der Waals surface area (Å²) in [6.45, 7) is 4.44. The Hall–Kier alpha value is -2.88. The van der Waals surface area contributed by atoms with Gasteiger partial charge in [0, 0.05) is 17.1 Å². The lowest BCUT2D eigenvalue weighted by atomic mass is 10.1. The zero-order valence-electron chi connectivity index (χ0n) is 15.0. The van der Waals surface area contributed by atoms with E-state index in [9.17, 15) is 0 Å². The van der Waals surface area contributed by atoms with Crippen molar-refractivity contribution in [2.75, 3.05) is 30.3 Å². The van der Waals surface area contributed by atoms with Crippen LogP contribution in [0.25, 0.3) is 10.8 Å². The summed E-state index contributed by atoms with van der Waals surface area (Å²) >= 11 is 0. The Bertz CT molecular complexity index is 904. The average molecular weight is 348 g/mol. The van der Waals surface area contributed by atoms with Gasteiger partial charge >= 0.3 is 0 Å². The van der Waals surface area contributed by atoms with Crippen molar-refractivity contribution in [2.45, 2.75) is 19.4 Å². The van der Waals surface area contributed by atoms with Gasteiger partial charge < -0.3 is 20.1 Å². The van der Waals surface area contributed by atoms with Crippen LogP contribution in [-0.4, -0.2) is 25.8 Å². The lowest BCUT2D eigenvalue weighted by molar-refractivity contribution is 0.186. The lowest BCUT2D eigenvalue weighted by Crippen LogP contribution is -2.41. The summed E-state index contributed by atoms with van der Waals surface area (Å²) in [5.74, 6) is 1.80. The number of nitrogens with zero attached hydrogens (tertiary/aromatic N) is 1. The summed E-state index contributed by atoms with van der Waals surface area (Å²) in [7, 11) is 0. The topological polar surface area (TPSA) is 47.7 Å². The number of nitrogen functional groups attached to an aromatic ring is 1. The third-order valence-corrected chi connectivity index (χ3v) is 4.87. The summed E-state index contributed by atoms with van der Waals surface area (Å²) in [6, 6.07) is 20.4. The quantitative estimate of drug-likeness (QED) is 0.691. The van der Waals surface area contributed by atoms with Crippen LogP contribution < -0.4 is 20.1 Å². The maximum atomic E-state index is 6.12. The molecule has 1 aliphatic heterocycles. The van der Waals surface area contributed by atoms with Gasteiger partial charge in [0.05, 0.1) is 18.8 Å². The minimum atomic E-state index is 0.182. The molecule has 134 valence electrons. The molecule has 0 saturated heterocycles. The van der Waals surface area contributed by atoms with Gasteiger partial charge in [-0.2, -0.15) is 0 Å². The summed E-state index contributed by atoms with van der Waals surface area (Å²) < 4.78 is 12.2. The first-order valence-electron chi connectivity index (χ1n) is 9.16. The van der Waals surface area contributed by atoms with Crippen molar-refractivity contribution in [2.24, 2.45) is 0 Å². The number of fused-ring (bicyclic) bond motifs is 2. The summed E-state index contributed by atoms with van der Waals surface area (Å²) in [6.07, 6.45) is 1.15. The Labute approximate surface area is 154 Å². The first-order chi connectivity index (χ1) is 12.7. The highest BCUT2D eigenvalue weighted by atomic mass is 16.5. The molecule has 0 spiro atoms. The fourth-order valence-electron chi connectivity index (χ4n) is 3.46. The van der Waals surface area contributed by atoms with E-state index in [1.54, 1.807) is 0 Å².